The number of aryl methyl sites for hydroxylation is 1. The predicted molar refractivity (Wildman–Crippen MR) is 71.1 cm³/mol. The summed E-state index contributed by atoms with van der Waals surface area (Å²) in [6.07, 6.45) is -1.15. The van der Waals surface area contributed by atoms with Crippen LogP contribution in [0.25, 0.3) is 11.1 Å². The molecule has 0 atom stereocenters. The topological polar surface area (TPSA) is 62.3 Å². The van der Waals surface area contributed by atoms with Crippen molar-refractivity contribution in [2.75, 3.05) is 20.0 Å². The molecule has 0 saturated carbocycles. The Bertz CT molecular complexity index is 626. The molecule has 0 bridgehead atoms. The van der Waals surface area contributed by atoms with E-state index in [-0.39, 0.29) is 11.3 Å². The van der Waals surface area contributed by atoms with Gasteiger partial charge in [0.1, 0.15) is 17.3 Å². The Kier molecular flexibility index (Phi) is 3.78. The molecule has 108 valence electrons. The molecule has 20 heavy (non-hydrogen) atoms. The third-order valence-electron chi connectivity index (χ3n) is 3.06. The number of halogens is 2. The van der Waals surface area contributed by atoms with E-state index in [2.05, 4.69) is 5.10 Å². The Morgan fingerprint density at radius 1 is 1.15 bits per heavy atom. The molecule has 0 spiro atoms. The van der Waals surface area contributed by atoms with Crippen LogP contribution in [0.15, 0.2) is 18.3 Å². The first kappa shape index (κ1) is 14.1. The van der Waals surface area contributed by atoms with Crippen molar-refractivity contribution in [3.8, 4) is 22.6 Å². The molecule has 0 amide bonds. The van der Waals surface area contributed by atoms with Crippen LogP contribution in [-0.4, -0.2) is 24.0 Å². The molecule has 0 saturated heterocycles. The summed E-state index contributed by atoms with van der Waals surface area (Å²) in [5, 5.41) is 4.00. The van der Waals surface area contributed by atoms with Crippen LogP contribution in [-0.2, 0) is 7.05 Å². The van der Waals surface area contributed by atoms with Gasteiger partial charge in [0.25, 0.3) is 6.43 Å². The van der Waals surface area contributed by atoms with E-state index in [1.165, 1.54) is 37.2 Å². The van der Waals surface area contributed by atoms with Crippen LogP contribution in [0.3, 0.4) is 0 Å². The molecule has 0 aliphatic carbocycles. The van der Waals surface area contributed by atoms with Crippen LogP contribution in [0.1, 0.15) is 12.0 Å². The van der Waals surface area contributed by atoms with Crippen molar-refractivity contribution in [2.24, 2.45) is 7.05 Å². The first-order valence-corrected chi connectivity index (χ1v) is 5.81. The standard InChI is InChI=1S/C13H15F2N3O2/c1-18-13(16)9(6-17-18)7-4-8(12(14)15)11(20-3)5-10(7)19-2/h4-6,12H,16H2,1-3H3. The van der Waals surface area contributed by atoms with E-state index >= 15 is 0 Å². The number of alkyl halides is 2. The molecule has 5 nitrogen and oxygen atoms in total. The Balaban J connectivity index is 2.68. The van der Waals surface area contributed by atoms with Crippen molar-refractivity contribution in [1.29, 1.82) is 0 Å². The van der Waals surface area contributed by atoms with Crippen molar-refractivity contribution in [3.63, 3.8) is 0 Å². The van der Waals surface area contributed by atoms with Gasteiger partial charge in [0.2, 0.25) is 0 Å². The van der Waals surface area contributed by atoms with E-state index in [1.54, 1.807) is 7.05 Å². The predicted octanol–water partition coefficient (Wildman–Crippen LogP) is 2.62. The average Bonchev–Trinajstić information content (AvgIpc) is 2.77. The Labute approximate surface area is 114 Å². The summed E-state index contributed by atoms with van der Waals surface area (Å²) in [5.74, 6) is 0.836. The van der Waals surface area contributed by atoms with Crippen LogP contribution in [0.5, 0.6) is 11.5 Å². The second-order valence-corrected chi connectivity index (χ2v) is 4.16. The van der Waals surface area contributed by atoms with E-state index in [0.717, 1.165) is 0 Å². The zero-order valence-electron chi connectivity index (χ0n) is 11.4. The quantitative estimate of drug-likeness (QED) is 0.937. The number of ether oxygens (including phenoxy) is 2. The number of aromatic nitrogens is 2. The smallest absolute Gasteiger partial charge is 0.267 e. The number of nitrogen functional groups attached to an aromatic ring is 1. The van der Waals surface area contributed by atoms with E-state index in [4.69, 9.17) is 15.2 Å². The number of hydrogen-bond donors (Lipinski definition) is 1. The minimum Gasteiger partial charge on any atom is -0.496 e. The Hall–Kier alpha value is -2.31. The van der Waals surface area contributed by atoms with Crippen LogP contribution in [0.2, 0.25) is 0 Å². The summed E-state index contributed by atoms with van der Waals surface area (Å²) in [6.45, 7) is 0. The summed E-state index contributed by atoms with van der Waals surface area (Å²) < 4.78 is 37.8. The molecule has 0 fully saturated rings. The lowest BCUT2D eigenvalue weighted by Crippen LogP contribution is -2.00. The SMILES string of the molecule is COc1cc(OC)c(C(F)F)cc1-c1cnn(C)c1N. The fourth-order valence-electron chi connectivity index (χ4n) is 1.96. The van der Waals surface area contributed by atoms with Gasteiger partial charge in [-0.15, -0.1) is 0 Å². The average molecular weight is 283 g/mol. The highest BCUT2D eigenvalue weighted by Gasteiger charge is 2.21. The van der Waals surface area contributed by atoms with Crippen molar-refractivity contribution >= 4 is 5.82 Å². The number of rotatable bonds is 4. The van der Waals surface area contributed by atoms with Gasteiger partial charge in [-0.25, -0.2) is 8.78 Å². The maximum absolute atomic E-state index is 13.1. The molecule has 0 aliphatic rings. The van der Waals surface area contributed by atoms with E-state index in [0.29, 0.717) is 22.7 Å². The first-order chi connectivity index (χ1) is 9.49. The highest BCUT2D eigenvalue weighted by Crippen LogP contribution is 2.41. The zero-order valence-corrected chi connectivity index (χ0v) is 11.4. The maximum atomic E-state index is 13.1. The molecule has 1 heterocycles. The molecule has 0 aliphatic heterocycles. The molecule has 2 aromatic rings. The van der Waals surface area contributed by atoms with E-state index in [9.17, 15) is 8.78 Å². The van der Waals surface area contributed by atoms with Gasteiger partial charge in [0.05, 0.1) is 26.0 Å². The number of nitrogens with two attached hydrogens (primary N) is 1. The van der Waals surface area contributed by atoms with Gasteiger partial charge in [-0.05, 0) is 6.07 Å². The van der Waals surface area contributed by atoms with Crippen LogP contribution < -0.4 is 15.2 Å². The van der Waals surface area contributed by atoms with E-state index in [1.807, 2.05) is 0 Å². The molecule has 2 N–H and O–H groups in total. The van der Waals surface area contributed by atoms with Gasteiger partial charge in [0.15, 0.2) is 0 Å². The van der Waals surface area contributed by atoms with Crippen molar-refractivity contribution in [3.05, 3.63) is 23.9 Å². The van der Waals surface area contributed by atoms with Crippen molar-refractivity contribution in [1.82, 2.24) is 9.78 Å². The normalized spacial score (nSPS) is 10.9. The molecule has 7 heteroatoms. The van der Waals surface area contributed by atoms with Crippen LogP contribution in [0, 0.1) is 0 Å². The number of methoxy groups -OCH3 is 2. The van der Waals surface area contributed by atoms with Gasteiger partial charge in [0, 0.05) is 24.2 Å². The van der Waals surface area contributed by atoms with Crippen LogP contribution >= 0.6 is 0 Å². The highest BCUT2D eigenvalue weighted by molar-refractivity contribution is 5.80. The number of benzene rings is 1. The second-order valence-electron chi connectivity index (χ2n) is 4.16. The van der Waals surface area contributed by atoms with Gasteiger partial charge in [-0.3, -0.25) is 4.68 Å². The first-order valence-electron chi connectivity index (χ1n) is 5.81. The fourth-order valence-corrected chi connectivity index (χ4v) is 1.96. The lowest BCUT2D eigenvalue weighted by molar-refractivity contribution is 0.147. The molecule has 0 radical (unpaired) electrons. The zero-order chi connectivity index (χ0) is 14.9. The Morgan fingerprint density at radius 2 is 1.80 bits per heavy atom. The third-order valence-corrected chi connectivity index (χ3v) is 3.06. The molecule has 1 aromatic carbocycles. The maximum Gasteiger partial charge on any atom is 0.267 e. The molecular weight excluding hydrogens is 268 g/mol. The fraction of sp³-hybridized carbons (Fsp3) is 0.308. The van der Waals surface area contributed by atoms with Gasteiger partial charge in [-0.2, -0.15) is 5.10 Å². The second kappa shape index (κ2) is 5.36. The monoisotopic (exact) mass is 283 g/mol. The minimum absolute atomic E-state index is 0.0723. The Morgan fingerprint density at radius 3 is 2.25 bits per heavy atom. The minimum atomic E-state index is -2.66. The molecule has 1 aromatic heterocycles. The van der Waals surface area contributed by atoms with Gasteiger partial charge >= 0.3 is 0 Å². The molecular formula is C13H15F2N3O2. The largest absolute Gasteiger partial charge is 0.496 e. The van der Waals surface area contributed by atoms with Crippen molar-refractivity contribution in [2.45, 2.75) is 6.43 Å². The van der Waals surface area contributed by atoms with Crippen molar-refractivity contribution < 1.29 is 18.3 Å². The van der Waals surface area contributed by atoms with Crippen LogP contribution in [0.4, 0.5) is 14.6 Å². The number of hydrogen-bond acceptors (Lipinski definition) is 4. The summed E-state index contributed by atoms with van der Waals surface area (Å²) in [6, 6.07) is 2.74. The van der Waals surface area contributed by atoms with Gasteiger partial charge in [-0.1, -0.05) is 0 Å². The summed E-state index contributed by atoms with van der Waals surface area (Å²) in [5.41, 5.74) is 6.65. The summed E-state index contributed by atoms with van der Waals surface area (Å²) in [4.78, 5) is 0. The number of nitrogens with zero attached hydrogens (tertiary/aromatic N) is 2. The summed E-state index contributed by atoms with van der Waals surface area (Å²) in [7, 11) is 4.45. The number of anilines is 1. The lowest BCUT2D eigenvalue weighted by atomic mass is 10.0. The highest BCUT2D eigenvalue weighted by atomic mass is 19.3. The lowest BCUT2D eigenvalue weighted by Gasteiger charge is -2.14. The molecule has 0 unspecified atom stereocenters. The molecule has 2 rings (SSSR count). The van der Waals surface area contributed by atoms with Gasteiger partial charge < -0.3 is 15.2 Å². The van der Waals surface area contributed by atoms with E-state index < -0.39 is 6.43 Å². The summed E-state index contributed by atoms with van der Waals surface area (Å²) >= 11 is 0. The third kappa shape index (κ3) is 2.26.